The predicted molar refractivity (Wildman–Crippen MR) is 121 cm³/mol. The highest BCUT2D eigenvalue weighted by Gasteiger charge is 2.23. The van der Waals surface area contributed by atoms with E-state index in [0.717, 1.165) is 50.6 Å². The lowest BCUT2D eigenvalue weighted by atomic mass is 9.98. The molecule has 0 aromatic heterocycles. The Kier molecular flexibility index (Phi) is 12.2. The number of nitrogens with zero attached hydrogens (tertiary/aromatic N) is 1. The molecular weight excluding hydrogens is 419 g/mol. The summed E-state index contributed by atoms with van der Waals surface area (Å²) in [7, 11) is 0. The number of carbonyl (C=O) groups is 1. The maximum Gasteiger partial charge on any atom is 0.314 e. The van der Waals surface area contributed by atoms with Crippen LogP contribution in [0.4, 0.5) is 4.79 Å². The van der Waals surface area contributed by atoms with Crippen molar-refractivity contribution in [3.05, 3.63) is 34.9 Å². The number of nitrogens with one attached hydrogen (secondary N) is 3. The molecule has 3 rings (SSSR count). The number of halogens is 3. The zero-order valence-corrected chi connectivity index (χ0v) is 18.7. The zero-order chi connectivity index (χ0) is 18.2. The van der Waals surface area contributed by atoms with Gasteiger partial charge in [-0.1, -0.05) is 30.2 Å². The van der Waals surface area contributed by atoms with Crippen LogP contribution in [0.1, 0.15) is 43.7 Å². The monoisotopic (exact) mass is 450 g/mol. The van der Waals surface area contributed by atoms with Gasteiger partial charge in [-0.3, -0.25) is 4.90 Å². The summed E-state index contributed by atoms with van der Waals surface area (Å²) in [6.45, 7) is 5.68. The molecule has 0 radical (unpaired) electrons. The number of hydrogen-bond donors (Lipinski definition) is 3. The molecule has 0 bridgehead atoms. The van der Waals surface area contributed by atoms with E-state index in [4.69, 9.17) is 11.6 Å². The Hall–Kier alpha value is -0.720. The van der Waals surface area contributed by atoms with Gasteiger partial charge in [0.05, 0.1) is 6.04 Å². The van der Waals surface area contributed by atoms with E-state index < -0.39 is 0 Å². The predicted octanol–water partition coefficient (Wildman–Crippen LogP) is 4.01. The maximum atomic E-state index is 12.3. The average molecular weight is 452 g/mol. The highest BCUT2D eigenvalue weighted by atomic mass is 35.5. The molecule has 8 heteroatoms. The summed E-state index contributed by atoms with van der Waals surface area (Å²) in [5.74, 6) is 0.594. The van der Waals surface area contributed by atoms with Gasteiger partial charge in [-0.05, 0) is 75.5 Å². The third kappa shape index (κ3) is 7.96. The maximum absolute atomic E-state index is 12.3. The molecule has 1 aromatic carbocycles. The number of hydrogen-bond acceptors (Lipinski definition) is 3. The molecule has 2 fully saturated rings. The summed E-state index contributed by atoms with van der Waals surface area (Å²) in [4.78, 5) is 14.8. The highest BCUT2D eigenvalue weighted by Crippen LogP contribution is 2.25. The van der Waals surface area contributed by atoms with Crippen LogP contribution in [-0.2, 0) is 0 Å². The number of carbonyl (C=O) groups excluding carboxylic acids is 1. The van der Waals surface area contributed by atoms with Crippen molar-refractivity contribution in [2.24, 2.45) is 5.92 Å². The second kappa shape index (κ2) is 13.5. The van der Waals surface area contributed by atoms with Gasteiger partial charge in [0.15, 0.2) is 0 Å². The van der Waals surface area contributed by atoms with Gasteiger partial charge in [-0.2, -0.15) is 0 Å². The summed E-state index contributed by atoms with van der Waals surface area (Å²) in [6.07, 6.45) is 6.04. The van der Waals surface area contributed by atoms with E-state index in [1.807, 2.05) is 12.1 Å². The topological polar surface area (TPSA) is 56.4 Å². The lowest BCUT2D eigenvalue weighted by molar-refractivity contribution is 0.160. The summed E-state index contributed by atoms with van der Waals surface area (Å²) < 4.78 is 0. The normalized spacial score (nSPS) is 19.0. The molecule has 2 aliphatic heterocycles. The second-order valence-electron chi connectivity index (χ2n) is 7.45. The van der Waals surface area contributed by atoms with Gasteiger partial charge >= 0.3 is 6.03 Å². The van der Waals surface area contributed by atoms with Crippen molar-refractivity contribution in [1.29, 1.82) is 0 Å². The Morgan fingerprint density at radius 3 is 2.36 bits per heavy atom. The minimum Gasteiger partial charge on any atom is -0.338 e. The number of urea groups is 1. The van der Waals surface area contributed by atoms with Crippen LogP contribution >= 0.6 is 36.4 Å². The van der Waals surface area contributed by atoms with Crippen LogP contribution in [0, 0.1) is 5.92 Å². The van der Waals surface area contributed by atoms with E-state index in [1.54, 1.807) is 0 Å². The Balaban J connectivity index is 0.00000196. The van der Waals surface area contributed by atoms with Gasteiger partial charge in [0.2, 0.25) is 0 Å². The molecule has 2 heterocycles. The Labute approximate surface area is 186 Å². The standard InChI is InChI=1S/C20H31ClN4O.2ClH/c21-18-6-4-17(5-7-18)19(25-12-2-1-3-13-25)15-24-20(26)23-14-16-8-10-22-11-9-16;;/h4-7,16,19,22H,1-3,8-15H2,(H2,23,24,26);2*1H. The number of amides is 2. The fraction of sp³-hybridized carbons (Fsp3) is 0.650. The van der Waals surface area contributed by atoms with Crippen LogP contribution in [0.3, 0.4) is 0 Å². The summed E-state index contributed by atoms with van der Waals surface area (Å²) >= 11 is 6.05. The molecule has 2 amide bonds. The Morgan fingerprint density at radius 2 is 1.71 bits per heavy atom. The van der Waals surface area contributed by atoms with E-state index in [1.165, 1.54) is 24.8 Å². The van der Waals surface area contributed by atoms with Crippen molar-refractivity contribution in [3.63, 3.8) is 0 Å². The molecule has 1 unspecified atom stereocenters. The molecule has 160 valence electrons. The summed E-state index contributed by atoms with van der Waals surface area (Å²) in [5.41, 5.74) is 1.22. The lowest BCUT2D eigenvalue weighted by Gasteiger charge is -2.35. The van der Waals surface area contributed by atoms with Crippen molar-refractivity contribution in [2.75, 3.05) is 39.3 Å². The van der Waals surface area contributed by atoms with Gasteiger partial charge in [-0.15, -0.1) is 24.8 Å². The van der Waals surface area contributed by atoms with Gasteiger partial charge in [-0.25, -0.2) is 4.79 Å². The number of rotatable bonds is 6. The van der Waals surface area contributed by atoms with Gasteiger partial charge in [0, 0.05) is 18.1 Å². The molecule has 1 atom stereocenters. The number of likely N-dealkylation sites (tertiary alicyclic amines) is 1. The first kappa shape index (κ1) is 25.3. The first-order valence-corrected chi connectivity index (χ1v) is 10.3. The van der Waals surface area contributed by atoms with Crippen molar-refractivity contribution >= 4 is 42.4 Å². The van der Waals surface area contributed by atoms with Crippen LogP contribution in [0.25, 0.3) is 0 Å². The van der Waals surface area contributed by atoms with Crippen LogP contribution in [-0.4, -0.2) is 50.2 Å². The molecule has 1 aromatic rings. The smallest absolute Gasteiger partial charge is 0.314 e. The minimum absolute atomic E-state index is 0. The second-order valence-corrected chi connectivity index (χ2v) is 7.88. The number of piperidine rings is 2. The Bertz CT molecular complexity index is 561. The molecular formula is C20H33Cl3N4O. The van der Waals surface area contributed by atoms with Crippen molar-refractivity contribution < 1.29 is 4.79 Å². The molecule has 2 saturated heterocycles. The fourth-order valence-corrected chi connectivity index (χ4v) is 4.07. The molecule has 0 aliphatic carbocycles. The fourth-order valence-electron chi connectivity index (χ4n) is 3.95. The van der Waals surface area contributed by atoms with Gasteiger partial charge in [0.1, 0.15) is 0 Å². The molecule has 3 N–H and O–H groups in total. The van der Waals surface area contributed by atoms with Crippen LogP contribution in [0.15, 0.2) is 24.3 Å². The van der Waals surface area contributed by atoms with Crippen LogP contribution < -0.4 is 16.0 Å². The van der Waals surface area contributed by atoms with E-state index in [-0.39, 0.29) is 36.9 Å². The van der Waals surface area contributed by atoms with Crippen molar-refractivity contribution in [2.45, 2.75) is 38.1 Å². The summed E-state index contributed by atoms with van der Waals surface area (Å²) in [5, 5.41) is 10.3. The molecule has 5 nitrogen and oxygen atoms in total. The first-order chi connectivity index (χ1) is 12.7. The van der Waals surface area contributed by atoms with E-state index >= 15 is 0 Å². The lowest BCUT2D eigenvalue weighted by Crippen LogP contribution is -2.45. The molecule has 28 heavy (non-hydrogen) atoms. The van der Waals surface area contributed by atoms with Gasteiger partial charge in [0.25, 0.3) is 0 Å². The van der Waals surface area contributed by atoms with E-state index in [2.05, 4.69) is 33.0 Å². The van der Waals surface area contributed by atoms with E-state index in [9.17, 15) is 4.79 Å². The minimum atomic E-state index is -0.0560. The average Bonchev–Trinajstić information content (AvgIpc) is 2.69. The largest absolute Gasteiger partial charge is 0.338 e. The van der Waals surface area contributed by atoms with Gasteiger partial charge < -0.3 is 16.0 Å². The highest BCUT2D eigenvalue weighted by molar-refractivity contribution is 6.30. The van der Waals surface area contributed by atoms with Crippen LogP contribution in [0.5, 0.6) is 0 Å². The summed E-state index contributed by atoms with van der Waals surface area (Å²) in [6, 6.07) is 8.18. The van der Waals surface area contributed by atoms with Crippen molar-refractivity contribution in [1.82, 2.24) is 20.9 Å². The molecule has 0 spiro atoms. The number of benzene rings is 1. The zero-order valence-electron chi connectivity index (χ0n) is 16.3. The SMILES string of the molecule is Cl.Cl.O=C(NCC1CCNCC1)NCC(c1ccc(Cl)cc1)N1CCCCC1. The quantitative estimate of drug-likeness (QED) is 0.612. The van der Waals surface area contributed by atoms with Crippen LogP contribution in [0.2, 0.25) is 5.02 Å². The van der Waals surface area contributed by atoms with Crippen molar-refractivity contribution in [3.8, 4) is 0 Å². The van der Waals surface area contributed by atoms with E-state index in [0.29, 0.717) is 12.5 Å². The third-order valence-corrected chi connectivity index (χ3v) is 5.80. The first-order valence-electron chi connectivity index (χ1n) is 9.94. The molecule has 2 aliphatic rings. The Morgan fingerprint density at radius 1 is 1.07 bits per heavy atom. The molecule has 0 saturated carbocycles. The third-order valence-electron chi connectivity index (χ3n) is 5.55.